The van der Waals surface area contributed by atoms with Gasteiger partial charge in [-0.15, -0.1) is 11.1 Å². The second-order valence-corrected chi connectivity index (χ2v) is 13.3. The van der Waals surface area contributed by atoms with Crippen molar-refractivity contribution in [2.75, 3.05) is 0 Å². The average Bonchev–Trinajstić information content (AvgIpc) is 2.84. The maximum atomic E-state index is 12.7. The van der Waals surface area contributed by atoms with E-state index in [1.165, 1.54) is 55.7 Å². The summed E-state index contributed by atoms with van der Waals surface area (Å²) in [6, 6.07) is 9.96. The Morgan fingerprint density at radius 3 is 1.50 bits per heavy atom. The molecule has 0 atom stereocenters. The summed E-state index contributed by atoms with van der Waals surface area (Å²) in [6.45, 7) is 14.1. The van der Waals surface area contributed by atoms with Crippen LogP contribution >= 0.6 is 66.7 Å². The van der Waals surface area contributed by atoms with Crippen molar-refractivity contribution in [1.82, 2.24) is 0 Å². The predicted octanol–water partition coefficient (Wildman–Crippen LogP) is 9.99. The van der Waals surface area contributed by atoms with E-state index in [0.717, 1.165) is 5.56 Å². The first kappa shape index (κ1) is 39.8. The van der Waals surface area contributed by atoms with Crippen molar-refractivity contribution in [3.05, 3.63) is 106 Å². The third-order valence-electron chi connectivity index (χ3n) is 5.99. The smallest absolute Gasteiger partial charge is 0.652 e. The second-order valence-electron chi connectivity index (χ2n) is 10.4. The molecule has 0 bridgehead atoms. The zero-order valence-electron chi connectivity index (χ0n) is 24.1. The van der Waals surface area contributed by atoms with Gasteiger partial charge in [0.15, 0.2) is 0 Å². The van der Waals surface area contributed by atoms with E-state index in [0.29, 0.717) is 35.1 Å². The molecule has 0 unspecified atom stereocenters. The summed E-state index contributed by atoms with van der Waals surface area (Å²) in [7, 11) is 0. The van der Waals surface area contributed by atoms with Crippen LogP contribution in [-0.4, -0.2) is 11.1 Å². The molecule has 40 heavy (non-hydrogen) atoms. The molecule has 0 saturated carbocycles. The molecule has 1 aliphatic heterocycles. The first-order chi connectivity index (χ1) is 17.9. The number of nitrogens with zero attached hydrogens (tertiary/aromatic N) is 1. The van der Waals surface area contributed by atoms with Crippen molar-refractivity contribution in [3.8, 4) is 0 Å². The molecule has 0 aliphatic carbocycles. The van der Waals surface area contributed by atoms with Gasteiger partial charge in [0.2, 0.25) is 0 Å². The normalized spacial score (nSPS) is 14.7. The van der Waals surface area contributed by atoms with Crippen LogP contribution in [0.15, 0.2) is 51.4 Å². The molecular weight excluding hydrogens is 704 g/mol. The van der Waals surface area contributed by atoms with E-state index in [-0.39, 0.29) is 47.4 Å². The number of halogens is 8. The van der Waals surface area contributed by atoms with Gasteiger partial charge in [-0.1, -0.05) is 81.8 Å². The summed E-state index contributed by atoms with van der Waals surface area (Å²) in [5.74, 6) is -0.718. The monoisotopic (exact) mass is 735 g/mol. The first-order valence-corrected chi connectivity index (χ1v) is 14.9. The van der Waals surface area contributed by atoms with Gasteiger partial charge in [-0.2, -0.15) is 0 Å². The van der Waals surface area contributed by atoms with E-state index in [9.17, 15) is 13.2 Å². The molecule has 1 fully saturated rings. The van der Waals surface area contributed by atoms with Crippen LogP contribution < -0.4 is 18.9 Å². The molecule has 1 aliphatic rings. The van der Waals surface area contributed by atoms with E-state index in [2.05, 4.69) is 59.6 Å². The van der Waals surface area contributed by atoms with Crippen molar-refractivity contribution in [2.24, 2.45) is 0 Å². The van der Waals surface area contributed by atoms with E-state index >= 15 is 0 Å². The van der Waals surface area contributed by atoms with Gasteiger partial charge in [0.1, 0.15) is 17.5 Å². The number of rotatable bonds is 0. The minimum absolute atomic E-state index is 0. The molecule has 1 saturated heterocycles. The maximum absolute atomic E-state index is 12.7. The predicted molar refractivity (Wildman–Crippen MR) is 169 cm³/mol. The molecule has 216 valence electrons. The van der Waals surface area contributed by atoms with Gasteiger partial charge < -0.3 is 5.32 Å². The van der Waals surface area contributed by atoms with Crippen LogP contribution in [0.2, 0.25) is 15.1 Å². The van der Waals surface area contributed by atoms with Crippen LogP contribution in [0, 0.1) is 38.2 Å². The number of hydrogen-bond acceptors (Lipinski definition) is 0. The van der Waals surface area contributed by atoms with Crippen molar-refractivity contribution in [3.63, 3.8) is 0 Å². The molecular formula is C30H34Br2Cl3F3LiN. The van der Waals surface area contributed by atoms with Gasteiger partial charge in [-0.3, -0.25) is 0 Å². The van der Waals surface area contributed by atoms with E-state index < -0.39 is 0 Å². The van der Waals surface area contributed by atoms with Crippen molar-refractivity contribution in [2.45, 2.75) is 78.8 Å². The van der Waals surface area contributed by atoms with Gasteiger partial charge in [0.05, 0.1) is 10.0 Å². The third kappa shape index (κ3) is 13.9. The summed E-state index contributed by atoms with van der Waals surface area (Å²) < 4.78 is 38.9. The Balaban J connectivity index is 0.000000503. The standard InChI is InChI=1S/C9H18N.C8H8ClF.C7H5BrClF.C6H3BrClF.Li/c1-8(2)6-5-7-9(3,4)10-8;1-5-6(2)8(10)4-3-7(5)9;1-4-6(10)3-2-5(9)7(4)8;7-5-3-4(9)1-2-6(5)8;/h5-7H2,1-4H3;3-4H,1-2H3;2-3H,1H3;1-3H;/q-1;;;;+1. The fourth-order valence-electron chi connectivity index (χ4n) is 3.74. The first-order valence-electron chi connectivity index (χ1n) is 12.2. The quantitative estimate of drug-likeness (QED) is 0.161. The Bertz CT molecular complexity index is 1130. The maximum Gasteiger partial charge on any atom is 1.00 e. The zero-order valence-corrected chi connectivity index (χ0v) is 29.6. The fraction of sp³-hybridized carbons (Fsp3) is 0.400. The van der Waals surface area contributed by atoms with Crippen molar-refractivity contribution in [1.29, 1.82) is 0 Å². The molecule has 3 aromatic rings. The Kier molecular flexibility index (Phi) is 17.8. The van der Waals surface area contributed by atoms with E-state index in [1.807, 2.05) is 0 Å². The van der Waals surface area contributed by atoms with Crippen LogP contribution in [0.25, 0.3) is 5.32 Å². The molecule has 10 heteroatoms. The molecule has 1 heterocycles. The summed E-state index contributed by atoms with van der Waals surface area (Å²) in [4.78, 5) is 0. The van der Waals surface area contributed by atoms with Gasteiger partial charge in [-0.05, 0) is 106 Å². The number of piperidine rings is 1. The summed E-state index contributed by atoms with van der Waals surface area (Å²) in [6.07, 6.45) is 3.86. The Morgan fingerprint density at radius 1 is 0.675 bits per heavy atom. The molecule has 0 aromatic heterocycles. The molecule has 1 nitrogen and oxygen atoms in total. The van der Waals surface area contributed by atoms with Gasteiger partial charge in [-0.25, -0.2) is 13.2 Å². The van der Waals surface area contributed by atoms with Crippen molar-refractivity contribution < 1.29 is 32.0 Å². The minimum atomic E-state index is -0.286. The number of hydrogen-bond donors (Lipinski definition) is 0. The van der Waals surface area contributed by atoms with Crippen LogP contribution in [0.5, 0.6) is 0 Å². The molecule has 4 rings (SSSR count). The Hall–Kier alpha value is -0.163. The summed E-state index contributed by atoms with van der Waals surface area (Å²) in [5, 5.41) is 6.44. The topological polar surface area (TPSA) is 14.1 Å². The van der Waals surface area contributed by atoms with Crippen LogP contribution in [0.3, 0.4) is 0 Å². The Morgan fingerprint density at radius 2 is 1.12 bits per heavy atom. The summed E-state index contributed by atoms with van der Waals surface area (Å²) >= 11 is 23.2. The molecule has 0 N–H and O–H groups in total. The minimum Gasteiger partial charge on any atom is -0.652 e. The average molecular weight is 739 g/mol. The van der Waals surface area contributed by atoms with Gasteiger partial charge >= 0.3 is 18.9 Å². The van der Waals surface area contributed by atoms with Crippen LogP contribution in [-0.2, 0) is 0 Å². The molecule has 0 amide bonds. The zero-order chi connectivity index (χ0) is 30.1. The van der Waals surface area contributed by atoms with Crippen molar-refractivity contribution >= 4 is 66.7 Å². The number of benzene rings is 3. The molecule has 0 radical (unpaired) electrons. The van der Waals surface area contributed by atoms with Crippen LogP contribution in [0.1, 0.15) is 63.6 Å². The second kappa shape index (κ2) is 17.8. The van der Waals surface area contributed by atoms with Gasteiger partial charge in [0, 0.05) is 19.5 Å². The fourth-order valence-corrected chi connectivity index (χ4v) is 4.94. The summed E-state index contributed by atoms with van der Waals surface area (Å²) in [5.41, 5.74) is 2.48. The third-order valence-corrected chi connectivity index (χ3v) is 9.18. The Labute approximate surface area is 281 Å². The van der Waals surface area contributed by atoms with Gasteiger partial charge in [0.25, 0.3) is 0 Å². The van der Waals surface area contributed by atoms with Crippen LogP contribution in [0.4, 0.5) is 13.2 Å². The molecule has 0 spiro atoms. The van der Waals surface area contributed by atoms with E-state index in [1.54, 1.807) is 26.8 Å². The largest absolute Gasteiger partial charge is 1.00 e. The van der Waals surface area contributed by atoms with E-state index in [4.69, 9.17) is 40.1 Å². The molecule has 3 aromatic carbocycles. The SMILES string of the molecule is CC1(C)CCCC(C)(C)[N-]1.Cc1c(F)ccc(Cl)c1Br.Cc1c(F)ccc(Cl)c1C.Fc1ccc(Cl)c(Br)c1.[Li+].